The number of ether oxygens (including phenoxy) is 1. The Kier molecular flexibility index (Phi) is 7.35. The Balaban J connectivity index is 0.00000225. The second kappa shape index (κ2) is 9.27. The van der Waals surface area contributed by atoms with Crippen LogP contribution in [0.2, 0.25) is 0 Å². The van der Waals surface area contributed by atoms with Crippen LogP contribution >= 0.6 is 11.6 Å². The molecule has 0 unspecified atom stereocenters. The summed E-state index contributed by atoms with van der Waals surface area (Å²) >= 11 is 6.04. The average molecular weight is 376 g/mol. The number of quaternary nitrogens is 1. The minimum atomic E-state index is 0. The number of rotatable bonds is 3. The summed E-state index contributed by atoms with van der Waals surface area (Å²) in [7, 11) is 0. The van der Waals surface area contributed by atoms with Crippen molar-refractivity contribution < 1.29 is 21.6 Å². The van der Waals surface area contributed by atoms with E-state index in [1.807, 2.05) is 6.92 Å². The molecule has 1 aliphatic rings. The third-order valence-corrected chi connectivity index (χ3v) is 4.76. The Morgan fingerprint density at radius 1 is 1.16 bits per heavy atom. The number of benzene rings is 2. The zero-order valence-corrected chi connectivity index (χ0v) is 16.0. The first-order valence-electron chi connectivity index (χ1n) is 8.40. The SMILES string of the molecule is C/C(Cl)=C/C[N+]1(CC#Cc2cccc3ccccc23)CCOCC1.[Cl-]. The topological polar surface area (TPSA) is 9.23 Å². The first kappa shape index (κ1) is 19.8. The van der Waals surface area contributed by atoms with Crippen molar-refractivity contribution in [2.24, 2.45) is 0 Å². The highest BCUT2D eigenvalue weighted by atomic mass is 35.5. The fourth-order valence-electron chi connectivity index (χ4n) is 3.09. The summed E-state index contributed by atoms with van der Waals surface area (Å²) in [4.78, 5) is 0. The Bertz CT molecular complexity index is 789. The minimum Gasteiger partial charge on any atom is -1.00 e. The largest absolute Gasteiger partial charge is 1.00 e. The summed E-state index contributed by atoms with van der Waals surface area (Å²) in [5.74, 6) is 6.81. The maximum Gasteiger partial charge on any atom is 0.141 e. The predicted molar refractivity (Wildman–Crippen MR) is 101 cm³/mol. The van der Waals surface area contributed by atoms with Gasteiger partial charge in [-0.2, -0.15) is 0 Å². The molecule has 1 fully saturated rings. The lowest BCUT2D eigenvalue weighted by atomic mass is 10.1. The van der Waals surface area contributed by atoms with Crippen LogP contribution in [0.3, 0.4) is 0 Å². The van der Waals surface area contributed by atoms with Crippen molar-refractivity contribution in [3.05, 3.63) is 59.1 Å². The molecule has 0 amide bonds. The van der Waals surface area contributed by atoms with Gasteiger partial charge in [-0.25, -0.2) is 0 Å². The number of halogens is 2. The third kappa shape index (κ3) is 5.23. The highest BCUT2D eigenvalue weighted by molar-refractivity contribution is 6.29. The lowest BCUT2D eigenvalue weighted by molar-refractivity contribution is -0.923. The van der Waals surface area contributed by atoms with E-state index in [2.05, 4.69) is 60.4 Å². The Morgan fingerprint density at radius 2 is 1.88 bits per heavy atom. The summed E-state index contributed by atoms with van der Waals surface area (Å²) in [6.07, 6.45) is 2.10. The number of fused-ring (bicyclic) bond motifs is 1. The quantitative estimate of drug-likeness (QED) is 0.578. The first-order valence-corrected chi connectivity index (χ1v) is 8.78. The second-order valence-electron chi connectivity index (χ2n) is 6.36. The van der Waals surface area contributed by atoms with Crippen LogP contribution in [0.15, 0.2) is 53.6 Å². The summed E-state index contributed by atoms with van der Waals surface area (Å²) < 4.78 is 6.47. The molecule has 0 spiro atoms. The normalized spacial score (nSPS) is 16.6. The molecule has 1 saturated heterocycles. The highest BCUT2D eigenvalue weighted by Gasteiger charge is 2.28. The van der Waals surface area contributed by atoms with Gasteiger partial charge < -0.3 is 21.6 Å². The number of hydrogen-bond acceptors (Lipinski definition) is 1. The van der Waals surface area contributed by atoms with Crippen molar-refractivity contribution in [2.45, 2.75) is 6.92 Å². The van der Waals surface area contributed by atoms with Crippen molar-refractivity contribution in [3.63, 3.8) is 0 Å². The molecule has 2 aromatic carbocycles. The van der Waals surface area contributed by atoms with Gasteiger partial charge >= 0.3 is 0 Å². The van der Waals surface area contributed by atoms with E-state index in [1.165, 1.54) is 10.8 Å². The first-order chi connectivity index (χ1) is 11.7. The van der Waals surface area contributed by atoms with E-state index in [-0.39, 0.29) is 12.4 Å². The van der Waals surface area contributed by atoms with Gasteiger partial charge in [0.15, 0.2) is 0 Å². The van der Waals surface area contributed by atoms with Crippen LogP contribution in [-0.2, 0) is 4.74 Å². The van der Waals surface area contributed by atoms with Crippen LogP contribution in [-0.4, -0.2) is 43.9 Å². The van der Waals surface area contributed by atoms with Gasteiger partial charge in [-0.1, -0.05) is 53.9 Å². The molecule has 0 aromatic heterocycles. The Hall–Kier alpha value is -1.50. The second-order valence-corrected chi connectivity index (χ2v) is 6.96. The molecule has 2 nitrogen and oxygen atoms in total. The van der Waals surface area contributed by atoms with Crippen LogP contribution < -0.4 is 12.4 Å². The van der Waals surface area contributed by atoms with Gasteiger partial charge in [0.2, 0.25) is 0 Å². The predicted octanol–water partition coefficient (Wildman–Crippen LogP) is 1.18. The molecule has 3 rings (SSSR count). The van der Waals surface area contributed by atoms with Crippen molar-refractivity contribution in [1.29, 1.82) is 0 Å². The van der Waals surface area contributed by atoms with Gasteiger partial charge in [0.25, 0.3) is 0 Å². The summed E-state index contributed by atoms with van der Waals surface area (Å²) in [5, 5.41) is 3.30. The van der Waals surface area contributed by atoms with Gasteiger partial charge in [0, 0.05) is 10.6 Å². The molecule has 0 saturated carbocycles. The standard InChI is InChI=1S/C21H23ClNO.ClH/c1-18(22)11-13-23(14-16-24-17-15-23)12-5-9-20-8-4-7-19-6-2-3-10-21(19)20;/h2-4,6-8,10-11H,12-17H2,1H3;1H/q+1;/p-1/b18-11-;. The van der Waals surface area contributed by atoms with Crippen LogP contribution in [0, 0.1) is 11.8 Å². The number of nitrogens with zero attached hydrogens (tertiary/aromatic N) is 1. The molecule has 0 aliphatic carbocycles. The van der Waals surface area contributed by atoms with Crippen LogP contribution in [0.5, 0.6) is 0 Å². The van der Waals surface area contributed by atoms with Gasteiger partial charge in [-0.15, -0.1) is 0 Å². The van der Waals surface area contributed by atoms with Gasteiger partial charge in [-0.3, -0.25) is 0 Å². The molecule has 0 atom stereocenters. The molecular formula is C21H23Cl2NO. The van der Waals surface area contributed by atoms with Crippen LogP contribution in [0.1, 0.15) is 12.5 Å². The van der Waals surface area contributed by atoms with Crippen molar-refractivity contribution >= 4 is 22.4 Å². The van der Waals surface area contributed by atoms with E-state index >= 15 is 0 Å². The molecule has 2 aromatic rings. The van der Waals surface area contributed by atoms with E-state index in [9.17, 15) is 0 Å². The van der Waals surface area contributed by atoms with Gasteiger partial charge in [-0.05, 0) is 35.8 Å². The van der Waals surface area contributed by atoms with Crippen LogP contribution in [0.25, 0.3) is 10.8 Å². The molecule has 4 heteroatoms. The minimum absolute atomic E-state index is 0. The highest BCUT2D eigenvalue weighted by Crippen LogP contribution is 2.18. The van der Waals surface area contributed by atoms with Crippen molar-refractivity contribution in [1.82, 2.24) is 0 Å². The molecule has 1 aliphatic heterocycles. The lowest BCUT2D eigenvalue weighted by Crippen LogP contribution is -3.00. The lowest BCUT2D eigenvalue weighted by Gasteiger charge is -2.39. The van der Waals surface area contributed by atoms with Crippen LogP contribution in [0.4, 0.5) is 0 Å². The zero-order chi connectivity index (χ0) is 16.8. The van der Waals surface area contributed by atoms with E-state index in [0.29, 0.717) is 0 Å². The Labute approximate surface area is 161 Å². The van der Waals surface area contributed by atoms with Crippen molar-refractivity contribution in [2.75, 3.05) is 39.4 Å². The monoisotopic (exact) mass is 375 g/mol. The number of morpholine rings is 1. The summed E-state index contributed by atoms with van der Waals surface area (Å²) in [6.45, 7) is 7.25. The fourth-order valence-corrected chi connectivity index (χ4v) is 3.16. The summed E-state index contributed by atoms with van der Waals surface area (Å²) in [5.41, 5.74) is 1.10. The molecule has 1 heterocycles. The van der Waals surface area contributed by atoms with E-state index in [4.69, 9.17) is 16.3 Å². The fraction of sp³-hybridized carbons (Fsp3) is 0.333. The molecule has 132 valence electrons. The molecule has 0 bridgehead atoms. The average Bonchev–Trinajstić information content (AvgIpc) is 2.61. The maximum atomic E-state index is 6.04. The van der Waals surface area contributed by atoms with E-state index < -0.39 is 0 Å². The molecular weight excluding hydrogens is 353 g/mol. The zero-order valence-electron chi connectivity index (χ0n) is 14.5. The summed E-state index contributed by atoms with van der Waals surface area (Å²) in [6, 6.07) is 14.7. The Morgan fingerprint density at radius 3 is 2.64 bits per heavy atom. The van der Waals surface area contributed by atoms with Gasteiger partial charge in [0.1, 0.15) is 19.6 Å². The van der Waals surface area contributed by atoms with E-state index in [1.54, 1.807) is 0 Å². The molecule has 25 heavy (non-hydrogen) atoms. The maximum absolute atomic E-state index is 6.04. The van der Waals surface area contributed by atoms with Gasteiger partial charge in [0.05, 0.1) is 19.8 Å². The van der Waals surface area contributed by atoms with Crippen molar-refractivity contribution in [3.8, 4) is 11.8 Å². The third-order valence-electron chi connectivity index (χ3n) is 4.61. The van der Waals surface area contributed by atoms with E-state index in [0.717, 1.165) is 54.5 Å². The molecule has 0 radical (unpaired) electrons. The number of allylic oxidation sites excluding steroid dienone is 1. The number of hydrogen-bond donors (Lipinski definition) is 0. The molecule has 0 N–H and O–H groups in total. The smallest absolute Gasteiger partial charge is 0.141 e.